The quantitative estimate of drug-likeness (QED) is 0.650. The number of hydrogen-bond donors (Lipinski definition) is 3. The summed E-state index contributed by atoms with van der Waals surface area (Å²) in [6.07, 6.45) is 0.0511. The number of carbonyl (C=O) groups is 1. The van der Waals surface area contributed by atoms with Crippen molar-refractivity contribution in [3.8, 4) is 0 Å². The fraction of sp³-hybridized carbons (Fsp3) is 0.364. The van der Waals surface area contributed by atoms with Crippen LogP contribution in [-0.4, -0.2) is 29.7 Å². The molecule has 1 aliphatic heterocycles. The van der Waals surface area contributed by atoms with E-state index < -0.39 is 6.10 Å². The van der Waals surface area contributed by atoms with Crippen LogP contribution in [0.1, 0.15) is 6.42 Å². The van der Waals surface area contributed by atoms with Gasteiger partial charge in [-0.05, 0) is 63.1 Å². The van der Waals surface area contributed by atoms with E-state index in [1.807, 2.05) is 18.2 Å². The zero-order valence-corrected chi connectivity index (χ0v) is 12.7. The lowest BCUT2D eigenvalue weighted by Gasteiger charge is -2.11. The number of aliphatic hydroxyl groups is 1. The molecule has 0 aliphatic carbocycles. The highest BCUT2D eigenvalue weighted by Crippen LogP contribution is 2.23. The van der Waals surface area contributed by atoms with Gasteiger partial charge in [-0.15, -0.1) is 0 Å². The highest BCUT2D eigenvalue weighted by atomic mass is 127. The van der Waals surface area contributed by atoms with Crippen LogP contribution < -0.4 is 10.6 Å². The maximum atomic E-state index is 11.9. The average molecular weight is 411 g/mol. The van der Waals surface area contributed by atoms with Gasteiger partial charge in [0.1, 0.15) is 0 Å². The van der Waals surface area contributed by atoms with Crippen LogP contribution in [0.5, 0.6) is 0 Å². The molecule has 1 aliphatic rings. The van der Waals surface area contributed by atoms with E-state index in [9.17, 15) is 9.90 Å². The predicted octanol–water partition coefficient (Wildman–Crippen LogP) is 1.71. The molecule has 1 fully saturated rings. The van der Waals surface area contributed by atoms with E-state index in [4.69, 9.17) is 0 Å². The molecule has 92 valence electrons. The third-order valence-corrected chi connectivity index (χ3v) is 4.94. The highest BCUT2D eigenvalue weighted by Gasteiger charge is 2.27. The van der Waals surface area contributed by atoms with Crippen molar-refractivity contribution in [1.82, 2.24) is 5.32 Å². The van der Waals surface area contributed by atoms with Gasteiger partial charge in [0.05, 0.1) is 12.1 Å². The number of rotatable bonds is 2. The third-order valence-electron chi connectivity index (χ3n) is 2.61. The van der Waals surface area contributed by atoms with Crippen LogP contribution in [0, 0.1) is 3.57 Å². The van der Waals surface area contributed by atoms with Gasteiger partial charge in [-0.1, -0.05) is 0 Å². The predicted molar refractivity (Wildman–Crippen MR) is 77.9 cm³/mol. The second kappa shape index (κ2) is 5.64. The lowest BCUT2D eigenvalue weighted by atomic mass is 10.2. The van der Waals surface area contributed by atoms with Crippen molar-refractivity contribution in [3.63, 3.8) is 0 Å². The molecule has 0 saturated carbocycles. The first kappa shape index (κ1) is 13.3. The molecule has 6 heteroatoms. The molecule has 17 heavy (non-hydrogen) atoms. The number of nitrogens with one attached hydrogen (secondary N) is 2. The van der Waals surface area contributed by atoms with Crippen molar-refractivity contribution in [2.45, 2.75) is 18.6 Å². The van der Waals surface area contributed by atoms with Gasteiger partial charge in [-0.25, -0.2) is 0 Å². The van der Waals surface area contributed by atoms with Gasteiger partial charge in [0.15, 0.2) is 0 Å². The van der Waals surface area contributed by atoms with Gasteiger partial charge in [0, 0.05) is 20.3 Å². The minimum absolute atomic E-state index is 0.0975. The first-order chi connectivity index (χ1) is 8.06. The minimum atomic E-state index is -0.421. The van der Waals surface area contributed by atoms with Crippen molar-refractivity contribution < 1.29 is 9.90 Å². The lowest BCUT2D eigenvalue weighted by Crippen LogP contribution is -2.35. The fourth-order valence-corrected chi connectivity index (χ4v) is 2.48. The standard InChI is InChI=1S/C11H12BrIN2O2/c12-8-2-1-6(3-9(8)13)15-11(17)10-4-7(16)5-14-10/h1-3,7,10,14,16H,4-5H2,(H,15,17). The lowest BCUT2D eigenvalue weighted by molar-refractivity contribution is -0.117. The number of anilines is 1. The molecule has 0 radical (unpaired) electrons. The summed E-state index contributed by atoms with van der Waals surface area (Å²) in [6.45, 7) is 0.482. The first-order valence-corrected chi connectivity index (χ1v) is 7.11. The maximum absolute atomic E-state index is 11.9. The molecule has 2 atom stereocenters. The van der Waals surface area contributed by atoms with Crippen LogP contribution in [0.3, 0.4) is 0 Å². The Hall–Kier alpha value is -0.180. The van der Waals surface area contributed by atoms with Crippen LogP contribution >= 0.6 is 38.5 Å². The molecule has 1 saturated heterocycles. The Balaban J connectivity index is 2.00. The van der Waals surface area contributed by atoms with Crippen LogP contribution in [0.4, 0.5) is 5.69 Å². The fourth-order valence-electron chi connectivity index (χ4n) is 1.72. The molecular formula is C11H12BrIN2O2. The summed E-state index contributed by atoms with van der Waals surface area (Å²) in [6, 6.07) is 5.34. The van der Waals surface area contributed by atoms with Gasteiger partial charge in [-0.2, -0.15) is 0 Å². The molecule has 4 nitrogen and oxygen atoms in total. The molecule has 1 heterocycles. The minimum Gasteiger partial charge on any atom is -0.392 e. The number of halogens is 2. The molecule has 0 aromatic heterocycles. The molecule has 3 N–H and O–H groups in total. The maximum Gasteiger partial charge on any atom is 0.241 e. The number of benzene rings is 1. The summed E-state index contributed by atoms with van der Waals surface area (Å²) >= 11 is 5.60. The van der Waals surface area contributed by atoms with Crippen LogP contribution in [0.25, 0.3) is 0 Å². The second-order valence-electron chi connectivity index (χ2n) is 3.97. The molecule has 0 spiro atoms. The zero-order valence-electron chi connectivity index (χ0n) is 8.91. The molecule has 1 amide bonds. The molecule has 1 aromatic rings. The topological polar surface area (TPSA) is 61.4 Å². The highest BCUT2D eigenvalue weighted by molar-refractivity contribution is 14.1. The molecule has 2 rings (SSSR count). The Bertz CT molecular complexity index is 441. The Morgan fingerprint density at radius 3 is 2.94 bits per heavy atom. The van der Waals surface area contributed by atoms with Crippen molar-refractivity contribution >= 4 is 50.1 Å². The Kier molecular flexibility index (Phi) is 4.40. The second-order valence-corrected chi connectivity index (χ2v) is 5.99. The summed E-state index contributed by atoms with van der Waals surface area (Å²) in [5.74, 6) is -0.0975. The third kappa shape index (κ3) is 3.40. The first-order valence-electron chi connectivity index (χ1n) is 5.23. The summed E-state index contributed by atoms with van der Waals surface area (Å²) in [5.41, 5.74) is 0.769. The summed E-state index contributed by atoms with van der Waals surface area (Å²) in [5, 5.41) is 15.2. The van der Waals surface area contributed by atoms with Crippen molar-refractivity contribution in [3.05, 3.63) is 26.2 Å². The van der Waals surface area contributed by atoms with Gasteiger partial charge in [-0.3, -0.25) is 4.79 Å². The van der Waals surface area contributed by atoms with Gasteiger partial charge in [0.2, 0.25) is 5.91 Å². The number of aliphatic hydroxyl groups excluding tert-OH is 1. The van der Waals surface area contributed by atoms with Gasteiger partial charge in [0.25, 0.3) is 0 Å². The van der Waals surface area contributed by atoms with E-state index in [0.29, 0.717) is 13.0 Å². The van der Waals surface area contributed by atoms with E-state index in [-0.39, 0.29) is 11.9 Å². The van der Waals surface area contributed by atoms with Gasteiger partial charge < -0.3 is 15.7 Å². The zero-order chi connectivity index (χ0) is 12.4. The van der Waals surface area contributed by atoms with Crippen LogP contribution in [-0.2, 0) is 4.79 Å². The summed E-state index contributed by atoms with van der Waals surface area (Å²) in [7, 11) is 0. The van der Waals surface area contributed by atoms with Gasteiger partial charge >= 0.3 is 0 Å². The largest absolute Gasteiger partial charge is 0.392 e. The van der Waals surface area contributed by atoms with Crippen molar-refractivity contribution in [2.24, 2.45) is 0 Å². The van der Waals surface area contributed by atoms with Crippen LogP contribution in [0.15, 0.2) is 22.7 Å². The molecule has 2 unspecified atom stereocenters. The summed E-state index contributed by atoms with van der Waals surface area (Å²) < 4.78 is 2.05. The smallest absolute Gasteiger partial charge is 0.241 e. The van der Waals surface area contributed by atoms with E-state index in [0.717, 1.165) is 13.7 Å². The number of amides is 1. The van der Waals surface area contributed by atoms with E-state index in [2.05, 4.69) is 49.2 Å². The number of hydrogen-bond acceptors (Lipinski definition) is 3. The Labute approximate surface area is 121 Å². The monoisotopic (exact) mass is 410 g/mol. The Morgan fingerprint density at radius 1 is 1.59 bits per heavy atom. The summed E-state index contributed by atoms with van der Waals surface area (Å²) in [4.78, 5) is 11.9. The molecule has 0 bridgehead atoms. The van der Waals surface area contributed by atoms with Crippen molar-refractivity contribution in [1.29, 1.82) is 0 Å². The Morgan fingerprint density at radius 2 is 2.35 bits per heavy atom. The van der Waals surface area contributed by atoms with E-state index >= 15 is 0 Å². The number of carbonyl (C=O) groups excluding carboxylic acids is 1. The molecule has 1 aromatic carbocycles. The van der Waals surface area contributed by atoms with E-state index in [1.165, 1.54) is 0 Å². The normalized spacial score (nSPS) is 23.7. The number of β-amino-alcohol motifs (C(OH)–C–C–N with tert-alkyl or cyclic N) is 1. The molecular weight excluding hydrogens is 399 g/mol. The van der Waals surface area contributed by atoms with E-state index in [1.54, 1.807) is 0 Å². The van der Waals surface area contributed by atoms with Crippen molar-refractivity contribution in [2.75, 3.05) is 11.9 Å². The average Bonchev–Trinajstić information content (AvgIpc) is 2.70. The SMILES string of the molecule is O=C(Nc1ccc(Br)c(I)c1)C1CC(O)CN1. The van der Waals surface area contributed by atoms with Crippen LogP contribution in [0.2, 0.25) is 0 Å².